The molecule has 5 fully saturated rings. The van der Waals surface area contributed by atoms with E-state index in [-0.39, 0.29) is 35.3 Å². The largest absolute Gasteiger partial charge is 0.357 e. The monoisotopic (exact) mass is 581 g/mol. The summed E-state index contributed by atoms with van der Waals surface area (Å²) in [6, 6.07) is 0.172. The Hall–Kier alpha value is -1.24. The summed E-state index contributed by atoms with van der Waals surface area (Å²) >= 11 is 0. The molecule has 6 nitrogen and oxygen atoms in total. The molecule has 4 aliphatic carbocycles. The van der Waals surface area contributed by atoms with Crippen molar-refractivity contribution < 1.29 is 14.3 Å². The van der Waals surface area contributed by atoms with E-state index in [4.69, 9.17) is 4.74 Å². The fourth-order valence-electron chi connectivity index (χ4n) is 11.3. The fourth-order valence-corrected chi connectivity index (χ4v) is 11.3. The second-order valence-electron chi connectivity index (χ2n) is 16.4. The Morgan fingerprint density at radius 1 is 1.07 bits per heavy atom. The van der Waals surface area contributed by atoms with Crippen LogP contribution in [0.25, 0.3) is 0 Å². The molecule has 1 amide bonds. The number of fused-ring (bicyclic) bond motifs is 7. The number of hydrogen-bond acceptors (Lipinski definition) is 5. The van der Waals surface area contributed by atoms with Crippen LogP contribution in [0.2, 0.25) is 0 Å². The fraction of sp³-hybridized carbons (Fsp3) is 0.889. The van der Waals surface area contributed by atoms with Crippen molar-refractivity contribution in [2.24, 2.45) is 46.3 Å². The molecule has 6 rings (SSSR count). The van der Waals surface area contributed by atoms with Gasteiger partial charge in [-0.05, 0) is 132 Å². The van der Waals surface area contributed by atoms with Gasteiger partial charge in [0.05, 0.1) is 12.5 Å². The molecule has 6 aliphatic rings. The first-order valence-corrected chi connectivity index (χ1v) is 17.5. The summed E-state index contributed by atoms with van der Waals surface area (Å²) in [4.78, 5) is 27.3. The molecule has 2 N–H and O–H groups in total. The first-order valence-electron chi connectivity index (χ1n) is 17.5. The Kier molecular flexibility index (Phi) is 8.50. The van der Waals surface area contributed by atoms with E-state index in [0.717, 1.165) is 68.9 Å². The van der Waals surface area contributed by atoms with Crippen LogP contribution in [0.5, 0.6) is 0 Å². The van der Waals surface area contributed by atoms with Gasteiger partial charge in [0.2, 0.25) is 5.91 Å². The van der Waals surface area contributed by atoms with Crippen molar-refractivity contribution >= 4 is 11.7 Å². The number of nitrogens with zero attached hydrogens (tertiary/aromatic N) is 1. The summed E-state index contributed by atoms with van der Waals surface area (Å²) in [5.41, 5.74) is 2.13. The number of allylic oxidation sites excluding steroid dienone is 1. The standard InChI is InChI=1S/C36H59N3O3/c1-23-12-17-36(37-22-23)24(2)33-31(42-36)21-30-28-11-10-25-19-26(13-15-34(25,3)29(28)14-16-35(30,33)4)38-32(41)20-27(40)9-7-8-18-39(5)6/h10,23-24,26,28-31,33,37H,7-9,11-22H2,1-6H3,(H,38,41)/t23-,24+,26+,28-,29+,30+,31+,33+,34+,35+,36-/m1/s1. The van der Waals surface area contributed by atoms with E-state index in [1.807, 2.05) is 0 Å². The molecular weight excluding hydrogens is 522 g/mol. The van der Waals surface area contributed by atoms with Gasteiger partial charge in [-0.1, -0.05) is 39.3 Å². The number of ketones is 1. The van der Waals surface area contributed by atoms with Gasteiger partial charge in [0.15, 0.2) is 0 Å². The number of carbonyl (C=O) groups excluding carboxylic acids is 2. The second kappa shape index (κ2) is 11.6. The number of carbonyl (C=O) groups is 2. The second-order valence-corrected chi connectivity index (χ2v) is 16.4. The Labute approximate surface area is 255 Å². The third kappa shape index (κ3) is 5.34. The van der Waals surface area contributed by atoms with Crippen molar-refractivity contribution in [3.05, 3.63) is 11.6 Å². The maximum absolute atomic E-state index is 12.8. The van der Waals surface area contributed by atoms with Gasteiger partial charge in [-0.25, -0.2) is 0 Å². The van der Waals surface area contributed by atoms with Crippen LogP contribution in [0.3, 0.4) is 0 Å². The van der Waals surface area contributed by atoms with Crippen molar-refractivity contribution in [3.63, 3.8) is 0 Å². The number of amides is 1. The minimum absolute atomic E-state index is 0.0401. The summed E-state index contributed by atoms with van der Waals surface area (Å²) in [5.74, 6) is 4.26. The maximum atomic E-state index is 12.8. The van der Waals surface area contributed by atoms with Gasteiger partial charge < -0.3 is 15.0 Å². The predicted octanol–water partition coefficient (Wildman–Crippen LogP) is 6.10. The van der Waals surface area contributed by atoms with Crippen LogP contribution in [0.4, 0.5) is 0 Å². The van der Waals surface area contributed by atoms with Crippen molar-refractivity contribution in [1.29, 1.82) is 0 Å². The molecule has 0 bridgehead atoms. The Morgan fingerprint density at radius 3 is 2.62 bits per heavy atom. The topological polar surface area (TPSA) is 70.7 Å². The molecule has 236 valence electrons. The molecule has 2 heterocycles. The predicted molar refractivity (Wildman–Crippen MR) is 168 cm³/mol. The molecule has 0 aromatic rings. The average molecular weight is 582 g/mol. The van der Waals surface area contributed by atoms with Crippen LogP contribution in [0.15, 0.2) is 11.6 Å². The summed E-state index contributed by atoms with van der Waals surface area (Å²) in [6.07, 6.45) is 16.1. The molecule has 0 aromatic heterocycles. The van der Waals surface area contributed by atoms with E-state index in [1.54, 1.807) is 5.57 Å². The molecule has 0 radical (unpaired) electrons. The van der Waals surface area contributed by atoms with Crippen LogP contribution < -0.4 is 10.6 Å². The van der Waals surface area contributed by atoms with Crippen molar-refractivity contribution in [2.75, 3.05) is 27.2 Å². The number of unbranched alkanes of at least 4 members (excludes halogenated alkanes) is 1. The number of hydrogen-bond donors (Lipinski definition) is 2. The Morgan fingerprint density at radius 2 is 1.88 bits per heavy atom. The third-order valence-electron chi connectivity index (χ3n) is 13.6. The summed E-state index contributed by atoms with van der Waals surface area (Å²) in [5, 5.41) is 7.15. The highest BCUT2D eigenvalue weighted by atomic mass is 16.5. The van der Waals surface area contributed by atoms with E-state index in [0.29, 0.717) is 29.8 Å². The van der Waals surface area contributed by atoms with Gasteiger partial charge in [0.25, 0.3) is 0 Å². The Balaban J connectivity index is 1.06. The number of Topliss-reactive ketones (excluding diaryl/α,β-unsaturated/α-hetero) is 1. The first kappa shape index (κ1) is 30.8. The average Bonchev–Trinajstić information content (AvgIpc) is 3.38. The summed E-state index contributed by atoms with van der Waals surface area (Å²) in [7, 11) is 4.10. The van der Waals surface area contributed by atoms with E-state index < -0.39 is 0 Å². The SMILES string of the molecule is C[C@@H]1CC[C@@]2(NC1)O[C@H]1C[C@H]3[C@@H]4CC=C5C[C@@H](NC(=O)CC(=O)CCCCN(C)C)CC[C@]5(C)[C@H]4CC[C@]3(C)[C@H]1[C@@H]2C. The van der Waals surface area contributed by atoms with E-state index >= 15 is 0 Å². The summed E-state index contributed by atoms with van der Waals surface area (Å²) in [6.45, 7) is 12.1. The lowest BCUT2D eigenvalue weighted by Gasteiger charge is -2.58. The molecule has 2 saturated heterocycles. The molecule has 1 spiro atoms. The lowest BCUT2D eigenvalue weighted by Crippen LogP contribution is -2.57. The first-order chi connectivity index (χ1) is 19.9. The van der Waals surface area contributed by atoms with Crippen LogP contribution >= 0.6 is 0 Å². The van der Waals surface area contributed by atoms with Gasteiger partial charge in [-0.3, -0.25) is 14.9 Å². The highest BCUT2D eigenvalue weighted by molar-refractivity contribution is 5.98. The molecule has 42 heavy (non-hydrogen) atoms. The normalized spacial score (nSPS) is 46.0. The van der Waals surface area contributed by atoms with Crippen LogP contribution in [-0.2, 0) is 14.3 Å². The molecule has 11 atom stereocenters. The third-order valence-corrected chi connectivity index (χ3v) is 13.6. The smallest absolute Gasteiger partial charge is 0.227 e. The molecule has 3 saturated carbocycles. The number of nitrogens with one attached hydrogen (secondary N) is 2. The molecule has 0 aromatic carbocycles. The summed E-state index contributed by atoms with van der Waals surface area (Å²) < 4.78 is 7.07. The molecular formula is C36H59N3O3. The van der Waals surface area contributed by atoms with Gasteiger partial charge in [-0.2, -0.15) is 0 Å². The van der Waals surface area contributed by atoms with E-state index in [9.17, 15) is 9.59 Å². The van der Waals surface area contributed by atoms with Gasteiger partial charge in [0.1, 0.15) is 11.5 Å². The lowest BCUT2D eigenvalue weighted by molar-refractivity contribution is -0.128. The molecule has 0 unspecified atom stereocenters. The van der Waals surface area contributed by atoms with Crippen molar-refractivity contribution in [3.8, 4) is 0 Å². The van der Waals surface area contributed by atoms with Crippen molar-refractivity contribution in [1.82, 2.24) is 15.5 Å². The van der Waals surface area contributed by atoms with Crippen LogP contribution in [-0.4, -0.2) is 61.6 Å². The van der Waals surface area contributed by atoms with Gasteiger partial charge >= 0.3 is 0 Å². The van der Waals surface area contributed by atoms with Gasteiger partial charge in [0, 0.05) is 24.9 Å². The maximum Gasteiger partial charge on any atom is 0.227 e. The lowest BCUT2D eigenvalue weighted by atomic mass is 9.46. The van der Waals surface area contributed by atoms with E-state index in [1.165, 1.54) is 38.5 Å². The zero-order valence-electron chi connectivity index (χ0n) is 27.5. The number of rotatable bonds is 8. The molecule has 6 heteroatoms. The highest BCUT2D eigenvalue weighted by Crippen LogP contribution is 2.70. The minimum atomic E-state index is -0.0855. The number of piperidine rings is 1. The quantitative estimate of drug-likeness (QED) is 0.206. The van der Waals surface area contributed by atoms with Crippen LogP contribution in [0, 0.1) is 46.3 Å². The van der Waals surface area contributed by atoms with Crippen LogP contribution in [0.1, 0.15) is 111 Å². The van der Waals surface area contributed by atoms with E-state index in [2.05, 4.69) is 63.4 Å². The minimum Gasteiger partial charge on any atom is -0.357 e. The highest BCUT2D eigenvalue weighted by Gasteiger charge is 2.68. The Bertz CT molecular complexity index is 1060. The zero-order valence-corrected chi connectivity index (χ0v) is 27.5. The zero-order chi connectivity index (χ0) is 29.9. The molecule has 2 aliphatic heterocycles. The van der Waals surface area contributed by atoms with Crippen molar-refractivity contribution in [2.45, 2.75) is 129 Å². The van der Waals surface area contributed by atoms with Gasteiger partial charge in [-0.15, -0.1) is 0 Å². The number of ether oxygens (including phenoxy) is 1.